The molecule has 0 saturated carbocycles. The van der Waals surface area contributed by atoms with Gasteiger partial charge in [-0.25, -0.2) is 4.39 Å². The van der Waals surface area contributed by atoms with Crippen molar-refractivity contribution in [3.8, 4) is 0 Å². The lowest BCUT2D eigenvalue weighted by Crippen LogP contribution is -2.17. The molecular weight excluding hydrogens is 235 g/mol. The van der Waals surface area contributed by atoms with Crippen LogP contribution >= 0.6 is 11.3 Å². The number of hydrogen-bond acceptors (Lipinski definition) is 3. The van der Waals surface area contributed by atoms with Gasteiger partial charge in [-0.2, -0.15) is 11.3 Å². The molecule has 0 saturated heterocycles. The minimum atomic E-state index is -0.274. The maximum absolute atomic E-state index is 13.2. The third-order valence-electron chi connectivity index (χ3n) is 2.46. The molecule has 0 spiro atoms. The Labute approximate surface area is 104 Å². The number of rotatable bonds is 4. The van der Waals surface area contributed by atoms with Crippen LogP contribution in [0.5, 0.6) is 0 Å². The highest BCUT2D eigenvalue weighted by molar-refractivity contribution is 7.07. The van der Waals surface area contributed by atoms with E-state index in [1.807, 2.05) is 13.1 Å². The predicted molar refractivity (Wildman–Crippen MR) is 70.3 cm³/mol. The fourth-order valence-corrected chi connectivity index (χ4v) is 2.49. The van der Waals surface area contributed by atoms with Crippen molar-refractivity contribution in [2.75, 3.05) is 12.8 Å². The molecule has 0 bridgehead atoms. The Morgan fingerprint density at radius 3 is 2.65 bits per heavy atom. The van der Waals surface area contributed by atoms with E-state index in [1.54, 1.807) is 11.3 Å². The second kappa shape index (κ2) is 5.29. The van der Waals surface area contributed by atoms with Gasteiger partial charge in [0.25, 0.3) is 0 Å². The molecular formula is C13H15FN2S. The lowest BCUT2D eigenvalue weighted by atomic mass is 10.2. The average molecular weight is 250 g/mol. The van der Waals surface area contributed by atoms with E-state index in [9.17, 15) is 4.39 Å². The molecule has 0 aliphatic heterocycles. The number of anilines is 1. The Bertz CT molecular complexity index is 462. The summed E-state index contributed by atoms with van der Waals surface area (Å²) in [6.45, 7) is 1.55. The van der Waals surface area contributed by atoms with Crippen molar-refractivity contribution in [1.82, 2.24) is 4.90 Å². The number of halogens is 1. The summed E-state index contributed by atoms with van der Waals surface area (Å²) in [5.41, 5.74) is 8.27. The lowest BCUT2D eigenvalue weighted by Gasteiger charge is -2.16. The molecule has 2 rings (SSSR count). The highest BCUT2D eigenvalue weighted by Crippen LogP contribution is 2.14. The van der Waals surface area contributed by atoms with Crippen molar-refractivity contribution < 1.29 is 4.39 Å². The van der Waals surface area contributed by atoms with E-state index >= 15 is 0 Å². The van der Waals surface area contributed by atoms with Crippen LogP contribution in [0.1, 0.15) is 11.1 Å². The summed E-state index contributed by atoms with van der Waals surface area (Å²) >= 11 is 1.69. The first-order valence-electron chi connectivity index (χ1n) is 5.38. The van der Waals surface area contributed by atoms with E-state index in [4.69, 9.17) is 5.73 Å². The van der Waals surface area contributed by atoms with Crippen LogP contribution in [0.4, 0.5) is 10.1 Å². The molecule has 2 aromatic rings. The SMILES string of the molecule is CN(Cc1ccsc1)Cc1cc(N)cc(F)c1. The molecule has 0 fully saturated rings. The van der Waals surface area contributed by atoms with Gasteiger partial charge in [0, 0.05) is 18.8 Å². The Hall–Kier alpha value is -1.39. The van der Waals surface area contributed by atoms with Crippen LogP contribution in [-0.4, -0.2) is 11.9 Å². The number of nitrogen functional groups attached to an aromatic ring is 1. The standard InChI is InChI=1S/C13H15FN2S/c1-16(7-10-2-3-17-9-10)8-11-4-12(14)6-13(15)5-11/h2-6,9H,7-8,15H2,1H3. The summed E-state index contributed by atoms with van der Waals surface area (Å²) in [5.74, 6) is -0.274. The van der Waals surface area contributed by atoms with E-state index in [0.717, 1.165) is 12.1 Å². The van der Waals surface area contributed by atoms with Crippen LogP contribution in [0, 0.1) is 5.82 Å². The lowest BCUT2D eigenvalue weighted by molar-refractivity contribution is 0.319. The van der Waals surface area contributed by atoms with Gasteiger partial charge in [0.05, 0.1) is 0 Å². The number of hydrogen-bond donors (Lipinski definition) is 1. The maximum Gasteiger partial charge on any atom is 0.125 e. The van der Waals surface area contributed by atoms with Crippen LogP contribution in [0.25, 0.3) is 0 Å². The minimum Gasteiger partial charge on any atom is -0.399 e. The number of nitrogens with zero attached hydrogens (tertiary/aromatic N) is 1. The summed E-state index contributed by atoms with van der Waals surface area (Å²) in [7, 11) is 2.01. The highest BCUT2D eigenvalue weighted by Gasteiger charge is 2.04. The molecule has 0 aliphatic rings. The van der Waals surface area contributed by atoms with Crippen LogP contribution in [-0.2, 0) is 13.1 Å². The molecule has 0 aliphatic carbocycles. The van der Waals surface area contributed by atoms with E-state index < -0.39 is 0 Å². The van der Waals surface area contributed by atoms with Crippen LogP contribution < -0.4 is 5.73 Å². The molecule has 0 atom stereocenters. The summed E-state index contributed by atoms with van der Waals surface area (Å²) < 4.78 is 13.2. The molecule has 1 aromatic heterocycles. The fourth-order valence-electron chi connectivity index (χ4n) is 1.83. The summed E-state index contributed by atoms with van der Waals surface area (Å²) in [4.78, 5) is 2.14. The zero-order valence-corrected chi connectivity index (χ0v) is 10.5. The van der Waals surface area contributed by atoms with Gasteiger partial charge in [0.15, 0.2) is 0 Å². The van der Waals surface area contributed by atoms with Gasteiger partial charge in [-0.1, -0.05) is 0 Å². The van der Waals surface area contributed by atoms with Crippen molar-refractivity contribution in [3.63, 3.8) is 0 Å². The number of nitrogens with two attached hydrogens (primary N) is 1. The molecule has 2 N–H and O–H groups in total. The molecule has 1 heterocycles. The second-order valence-electron chi connectivity index (χ2n) is 4.20. The van der Waals surface area contributed by atoms with Crippen LogP contribution in [0.3, 0.4) is 0 Å². The van der Waals surface area contributed by atoms with Gasteiger partial charge >= 0.3 is 0 Å². The summed E-state index contributed by atoms with van der Waals surface area (Å²) in [6, 6.07) is 6.77. The Morgan fingerprint density at radius 2 is 2.00 bits per heavy atom. The fraction of sp³-hybridized carbons (Fsp3) is 0.231. The van der Waals surface area contributed by atoms with Crippen molar-refractivity contribution in [2.45, 2.75) is 13.1 Å². The Morgan fingerprint density at radius 1 is 1.24 bits per heavy atom. The largest absolute Gasteiger partial charge is 0.399 e. The Kier molecular flexibility index (Phi) is 3.76. The Balaban J connectivity index is 2.00. The van der Waals surface area contributed by atoms with Crippen molar-refractivity contribution in [3.05, 3.63) is 52.0 Å². The first kappa shape index (κ1) is 12.1. The molecule has 90 valence electrons. The highest BCUT2D eigenvalue weighted by atomic mass is 32.1. The number of thiophene rings is 1. The first-order valence-corrected chi connectivity index (χ1v) is 6.32. The van der Waals surface area contributed by atoms with Gasteiger partial charge in [-0.15, -0.1) is 0 Å². The van der Waals surface area contributed by atoms with E-state index in [1.165, 1.54) is 17.7 Å². The van der Waals surface area contributed by atoms with Crippen molar-refractivity contribution >= 4 is 17.0 Å². The van der Waals surface area contributed by atoms with E-state index in [-0.39, 0.29) is 5.82 Å². The van der Waals surface area contributed by atoms with E-state index in [0.29, 0.717) is 12.2 Å². The third kappa shape index (κ3) is 3.54. The monoisotopic (exact) mass is 250 g/mol. The van der Waals surface area contributed by atoms with Crippen LogP contribution in [0.2, 0.25) is 0 Å². The van der Waals surface area contributed by atoms with Gasteiger partial charge in [0.1, 0.15) is 5.82 Å². The minimum absolute atomic E-state index is 0.274. The zero-order valence-electron chi connectivity index (χ0n) is 9.69. The quantitative estimate of drug-likeness (QED) is 0.845. The summed E-state index contributed by atoms with van der Waals surface area (Å²) in [5, 5.41) is 4.18. The van der Waals surface area contributed by atoms with E-state index in [2.05, 4.69) is 21.7 Å². The topological polar surface area (TPSA) is 29.3 Å². The summed E-state index contributed by atoms with van der Waals surface area (Å²) in [6.07, 6.45) is 0. The van der Waals surface area contributed by atoms with Crippen LogP contribution in [0.15, 0.2) is 35.0 Å². The number of benzene rings is 1. The second-order valence-corrected chi connectivity index (χ2v) is 4.98. The maximum atomic E-state index is 13.2. The molecule has 2 nitrogen and oxygen atoms in total. The molecule has 0 amide bonds. The van der Waals surface area contributed by atoms with Gasteiger partial charge in [-0.05, 0) is 53.2 Å². The molecule has 0 radical (unpaired) electrons. The third-order valence-corrected chi connectivity index (χ3v) is 3.20. The van der Waals surface area contributed by atoms with Gasteiger partial charge in [0.2, 0.25) is 0 Å². The van der Waals surface area contributed by atoms with Gasteiger partial charge in [-0.3, -0.25) is 4.90 Å². The molecule has 4 heteroatoms. The molecule has 17 heavy (non-hydrogen) atoms. The van der Waals surface area contributed by atoms with Crippen molar-refractivity contribution in [1.29, 1.82) is 0 Å². The zero-order chi connectivity index (χ0) is 12.3. The molecule has 1 aromatic carbocycles. The smallest absolute Gasteiger partial charge is 0.125 e. The first-order chi connectivity index (χ1) is 8.13. The average Bonchev–Trinajstić information content (AvgIpc) is 2.67. The molecule has 0 unspecified atom stereocenters. The van der Waals surface area contributed by atoms with Gasteiger partial charge < -0.3 is 5.73 Å². The predicted octanol–water partition coefficient (Wildman–Crippen LogP) is 3.10. The normalized spacial score (nSPS) is 11.0. The van der Waals surface area contributed by atoms with Crippen molar-refractivity contribution in [2.24, 2.45) is 0 Å².